The van der Waals surface area contributed by atoms with Gasteiger partial charge in [0, 0.05) is 6.04 Å². The first-order valence-electron chi connectivity index (χ1n) is 5.63. The van der Waals surface area contributed by atoms with Gasteiger partial charge in [-0.25, -0.2) is 0 Å². The second-order valence-corrected chi connectivity index (χ2v) is 4.98. The zero-order valence-electron chi connectivity index (χ0n) is 10.4. The van der Waals surface area contributed by atoms with Crippen molar-refractivity contribution in [3.63, 3.8) is 0 Å². The molecule has 80 valence electrons. The molecule has 0 N–H and O–H groups in total. The van der Waals surface area contributed by atoms with Crippen molar-refractivity contribution in [1.29, 1.82) is 0 Å². The molecule has 1 atom stereocenters. The van der Waals surface area contributed by atoms with Crippen molar-refractivity contribution in [2.75, 3.05) is 13.6 Å². The number of rotatable bonds is 6. The minimum absolute atomic E-state index is 0.531. The van der Waals surface area contributed by atoms with Crippen molar-refractivity contribution in [1.82, 2.24) is 4.90 Å². The Kier molecular flexibility index (Phi) is 5.62. The minimum Gasteiger partial charge on any atom is -0.304 e. The van der Waals surface area contributed by atoms with Crippen molar-refractivity contribution in [2.24, 2.45) is 5.41 Å². The van der Waals surface area contributed by atoms with Gasteiger partial charge in [-0.05, 0) is 38.8 Å². The summed E-state index contributed by atoms with van der Waals surface area (Å²) in [5.41, 5.74) is 0.531. The molecule has 0 fully saturated rings. The van der Waals surface area contributed by atoms with Gasteiger partial charge < -0.3 is 4.90 Å². The molecule has 0 aromatic heterocycles. The summed E-state index contributed by atoms with van der Waals surface area (Å²) in [6.07, 6.45) is 3.95. The molecular formula is C12H27N. The Hall–Kier alpha value is -0.0400. The van der Waals surface area contributed by atoms with Crippen LogP contribution in [0.3, 0.4) is 0 Å². The summed E-state index contributed by atoms with van der Waals surface area (Å²) < 4.78 is 0. The van der Waals surface area contributed by atoms with E-state index in [-0.39, 0.29) is 0 Å². The lowest BCUT2D eigenvalue weighted by atomic mass is 9.84. The molecule has 0 aliphatic heterocycles. The highest BCUT2D eigenvalue weighted by Gasteiger charge is 2.17. The molecule has 0 heterocycles. The predicted molar refractivity (Wildman–Crippen MR) is 61.1 cm³/mol. The van der Waals surface area contributed by atoms with E-state index in [4.69, 9.17) is 0 Å². The predicted octanol–water partition coefficient (Wildman–Crippen LogP) is 3.54. The third-order valence-electron chi connectivity index (χ3n) is 3.45. The molecule has 0 spiro atoms. The van der Waals surface area contributed by atoms with E-state index in [0.717, 1.165) is 12.6 Å². The quantitative estimate of drug-likeness (QED) is 0.612. The van der Waals surface area contributed by atoms with Crippen LogP contribution in [0.1, 0.15) is 53.9 Å². The third kappa shape index (κ3) is 5.30. The molecule has 1 unspecified atom stereocenters. The minimum atomic E-state index is 0.531. The standard InChI is InChI=1S/C12H27N/c1-7-12(4,5)10-9-11(3)13(6)8-2/h11H,7-10H2,1-6H3. The van der Waals surface area contributed by atoms with Crippen LogP contribution >= 0.6 is 0 Å². The SMILES string of the molecule is CCN(C)C(C)CCC(C)(C)CC. The van der Waals surface area contributed by atoms with Gasteiger partial charge in [0.15, 0.2) is 0 Å². The van der Waals surface area contributed by atoms with Crippen molar-refractivity contribution in [2.45, 2.75) is 59.9 Å². The van der Waals surface area contributed by atoms with Crippen LogP contribution in [0, 0.1) is 5.41 Å². The first-order valence-corrected chi connectivity index (χ1v) is 5.63. The van der Waals surface area contributed by atoms with Crippen molar-refractivity contribution < 1.29 is 0 Å². The number of hydrogen-bond donors (Lipinski definition) is 0. The molecule has 1 heteroatoms. The molecule has 0 aromatic carbocycles. The lowest BCUT2D eigenvalue weighted by molar-refractivity contribution is 0.216. The second kappa shape index (κ2) is 5.64. The lowest BCUT2D eigenvalue weighted by Gasteiger charge is -2.28. The van der Waals surface area contributed by atoms with Crippen LogP contribution in [0.5, 0.6) is 0 Å². The summed E-state index contributed by atoms with van der Waals surface area (Å²) in [5.74, 6) is 0. The van der Waals surface area contributed by atoms with Gasteiger partial charge in [-0.3, -0.25) is 0 Å². The van der Waals surface area contributed by atoms with Crippen LogP contribution < -0.4 is 0 Å². The van der Waals surface area contributed by atoms with Gasteiger partial charge in [-0.15, -0.1) is 0 Å². The highest BCUT2D eigenvalue weighted by atomic mass is 15.1. The average molecular weight is 185 g/mol. The summed E-state index contributed by atoms with van der Waals surface area (Å²) >= 11 is 0. The van der Waals surface area contributed by atoms with E-state index in [0.29, 0.717) is 5.41 Å². The molecule has 0 rings (SSSR count). The molecule has 13 heavy (non-hydrogen) atoms. The normalized spacial score (nSPS) is 15.0. The van der Waals surface area contributed by atoms with Gasteiger partial charge in [0.1, 0.15) is 0 Å². The molecule has 0 amide bonds. The van der Waals surface area contributed by atoms with E-state index < -0.39 is 0 Å². The summed E-state index contributed by atoms with van der Waals surface area (Å²) in [5, 5.41) is 0. The van der Waals surface area contributed by atoms with Gasteiger partial charge in [-0.2, -0.15) is 0 Å². The topological polar surface area (TPSA) is 3.24 Å². The molecule has 0 bridgehead atoms. The first-order chi connectivity index (χ1) is 5.93. The molecule has 0 saturated heterocycles. The Morgan fingerprint density at radius 2 is 1.77 bits per heavy atom. The highest BCUT2D eigenvalue weighted by Crippen LogP contribution is 2.27. The fourth-order valence-corrected chi connectivity index (χ4v) is 1.31. The van der Waals surface area contributed by atoms with Crippen molar-refractivity contribution in [3.05, 3.63) is 0 Å². The zero-order valence-corrected chi connectivity index (χ0v) is 10.4. The first kappa shape index (κ1) is 13.0. The molecule has 0 radical (unpaired) electrons. The molecular weight excluding hydrogens is 158 g/mol. The van der Waals surface area contributed by atoms with Gasteiger partial charge in [0.25, 0.3) is 0 Å². The molecule has 0 aliphatic rings. The maximum atomic E-state index is 2.42. The maximum absolute atomic E-state index is 2.42. The second-order valence-electron chi connectivity index (χ2n) is 4.98. The van der Waals surface area contributed by atoms with Crippen molar-refractivity contribution >= 4 is 0 Å². The summed E-state index contributed by atoms with van der Waals surface area (Å²) in [7, 11) is 2.21. The smallest absolute Gasteiger partial charge is 0.00639 e. The number of nitrogens with zero attached hydrogens (tertiary/aromatic N) is 1. The van der Waals surface area contributed by atoms with Gasteiger partial charge in [0.05, 0.1) is 0 Å². The van der Waals surface area contributed by atoms with E-state index in [1.807, 2.05) is 0 Å². The summed E-state index contributed by atoms with van der Waals surface area (Å²) in [4.78, 5) is 2.42. The fraction of sp³-hybridized carbons (Fsp3) is 1.00. The van der Waals surface area contributed by atoms with Gasteiger partial charge in [0.2, 0.25) is 0 Å². The monoisotopic (exact) mass is 185 g/mol. The molecule has 0 aromatic rings. The Balaban J connectivity index is 3.75. The zero-order chi connectivity index (χ0) is 10.5. The van der Waals surface area contributed by atoms with E-state index in [1.54, 1.807) is 0 Å². The maximum Gasteiger partial charge on any atom is 0.00639 e. The van der Waals surface area contributed by atoms with Crippen LogP contribution in [0.4, 0.5) is 0 Å². The van der Waals surface area contributed by atoms with Crippen LogP contribution in [0.15, 0.2) is 0 Å². The Labute approximate surface area is 84.5 Å². The number of hydrogen-bond acceptors (Lipinski definition) is 1. The van der Waals surface area contributed by atoms with E-state index >= 15 is 0 Å². The third-order valence-corrected chi connectivity index (χ3v) is 3.45. The van der Waals surface area contributed by atoms with Crippen LogP contribution in [0.25, 0.3) is 0 Å². The summed E-state index contributed by atoms with van der Waals surface area (Å²) in [6.45, 7) is 12.7. The fourth-order valence-electron chi connectivity index (χ4n) is 1.31. The van der Waals surface area contributed by atoms with Gasteiger partial charge in [-0.1, -0.05) is 34.1 Å². The van der Waals surface area contributed by atoms with Crippen molar-refractivity contribution in [3.8, 4) is 0 Å². The van der Waals surface area contributed by atoms with Crippen LogP contribution in [-0.2, 0) is 0 Å². The van der Waals surface area contributed by atoms with Crippen LogP contribution in [-0.4, -0.2) is 24.5 Å². The summed E-state index contributed by atoms with van der Waals surface area (Å²) in [6, 6.07) is 0.732. The lowest BCUT2D eigenvalue weighted by Crippen LogP contribution is -2.29. The highest BCUT2D eigenvalue weighted by molar-refractivity contribution is 4.70. The Morgan fingerprint density at radius 1 is 1.23 bits per heavy atom. The van der Waals surface area contributed by atoms with E-state index in [9.17, 15) is 0 Å². The van der Waals surface area contributed by atoms with Crippen LogP contribution in [0.2, 0.25) is 0 Å². The molecule has 0 saturated carbocycles. The molecule has 0 aliphatic carbocycles. The largest absolute Gasteiger partial charge is 0.304 e. The Bertz CT molecular complexity index is 129. The van der Waals surface area contributed by atoms with Gasteiger partial charge >= 0.3 is 0 Å². The van der Waals surface area contributed by atoms with E-state index in [2.05, 4.69) is 46.6 Å². The Morgan fingerprint density at radius 3 is 2.15 bits per heavy atom. The molecule has 1 nitrogen and oxygen atoms in total. The van der Waals surface area contributed by atoms with E-state index in [1.165, 1.54) is 19.3 Å². The average Bonchev–Trinajstić information content (AvgIpc) is 2.13.